The Morgan fingerprint density at radius 1 is 1.42 bits per heavy atom. The molecule has 0 radical (unpaired) electrons. The molecule has 1 amide bonds. The van der Waals surface area contributed by atoms with Gasteiger partial charge >= 0.3 is 0 Å². The van der Waals surface area contributed by atoms with Crippen LogP contribution in [0.1, 0.15) is 5.01 Å². The van der Waals surface area contributed by atoms with Gasteiger partial charge in [-0.3, -0.25) is 4.79 Å². The SMILES string of the molecule is N#CC1C=C(c2nc3ccccc3s2)C(=S)NC1=O. The summed E-state index contributed by atoms with van der Waals surface area (Å²) < 4.78 is 1.05. The summed E-state index contributed by atoms with van der Waals surface area (Å²) in [5, 5.41) is 12.2. The van der Waals surface area contributed by atoms with Crippen molar-refractivity contribution in [2.24, 2.45) is 5.92 Å². The van der Waals surface area contributed by atoms with E-state index >= 15 is 0 Å². The van der Waals surface area contributed by atoms with E-state index in [1.165, 1.54) is 11.3 Å². The zero-order valence-corrected chi connectivity index (χ0v) is 11.2. The number of nitrogens with one attached hydrogen (secondary N) is 1. The number of hydrogen-bond acceptors (Lipinski definition) is 5. The van der Waals surface area contributed by atoms with Crippen molar-refractivity contribution in [1.82, 2.24) is 10.3 Å². The van der Waals surface area contributed by atoms with Gasteiger partial charge in [-0.2, -0.15) is 5.26 Å². The van der Waals surface area contributed by atoms with Crippen LogP contribution in [0, 0.1) is 17.2 Å². The summed E-state index contributed by atoms with van der Waals surface area (Å²) in [6.45, 7) is 0. The van der Waals surface area contributed by atoms with Gasteiger partial charge in [-0.15, -0.1) is 11.3 Å². The number of hydrogen-bond donors (Lipinski definition) is 1. The second-order valence-corrected chi connectivity index (χ2v) is 5.43. The molecular formula is C13H7N3OS2. The zero-order chi connectivity index (χ0) is 13.4. The highest BCUT2D eigenvalue weighted by molar-refractivity contribution is 7.81. The summed E-state index contributed by atoms with van der Waals surface area (Å²) >= 11 is 6.64. The monoisotopic (exact) mass is 285 g/mol. The minimum absolute atomic E-state index is 0.329. The number of benzene rings is 1. The normalized spacial score (nSPS) is 18.9. The average Bonchev–Trinajstić information content (AvgIpc) is 2.82. The lowest BCUT2D eigenvalue weighted by molar-refractivity contribution is -0.120. The molecule has 1 atom stereocenters. The average molecular weight is 285 g/mol. The highest BCUT2D eigenvalue weighted by atomic mass is 32.1. The lowest BCUT2D eigenvalue weighted by atomic mass is 10.0. The van der Waals surface area contributed by atoms with Gasteiger partial charge in [-0.1, -0.05) is 24.4 Å². The van der Waals surface area contributed by atoms with E-state index in [1.807, 2.05) is 30.3 Å². The minimum Gasteiger partial charge on any atom is -0.315 e. The molecule has 0 bridgehead atoms. The van der Waals surface area contributed by atoms with E-state index in [4.69, 9.17) is 17.5 Å². The first-order valence-electron chi connectivity index (χ1n) is 5.51. The number of thiazole rings is 1. The Bertz CT molecular complexity index is 737. The van der Waals surface area contributed by atoms with E-state index in [2.05, 4.69) is 10.3 Å². The number of nitriles is 1. The van der Waals surface area contributed by atoms with Crippen LogP contribution in [0.4, 0.5) is 0 Å². The van der Waals surface area contributed by atoms with Gasteiger partial charge in [0.05, 0.1) is 16.3 Å². The van der Waals surface area contributed by atoms with E-state index in [9.17, 15) is 4.79 Å². The molecule has 0 saturated carbocycles. The Balaban J connectivity index is 2.12. The van der Waals surface area contributed by atoms with Crippen molar-refractivity contribution < 1.29 is 4.79 Å². The van der Waals surface area contributed by atoms with Crippen LogP contribution >= 0.6 is 23.6 Å². The van der Waals surface area contributed by atoms with E-state index in [1.54, 1.807) is 6.08 Å². The van der Waals surface area contributed by atoms with Crippen LogP contribution in [0.15, 0.2) is 30.3 Å². The summed E-state index contributed by atoms with van der Waals surface area (Å²) in [4.78, 5) is 16.3. The Labute approximate surface area is 118 Å². The number of carbonyl (C=O) groups is 1. The second kappa shape index (κ2) is 4.53. The largest absolute Gasteiger partial charge is 0.315 e. The van der Waals surface area contributed by atoms with Crippen molar-refractivity contribution >= 4 is 50.2 Å². The van der Waals surface area contributed by atoms with Gasteiger partial charge < -0.3 is 5.32 Å². The molecule has 0 fully saturated rings. The van der Waals surface area contributed by atoms with Gasteiger partial charge in [0.15, 0.2) is 0 Å². The lowest BCUT2D eigenvalue weighted by Gasteiger charge is -2.16. The summed E-state index contributed by atoms with van der Waals surface area (Å²) in [6, 6.07) is 9.69. The number of amides is 1. The molecule has 1 unspecified atom stereocenters. The van der Waals surface area contributed by atoms with Crippen LogP contribution in [-0.4, -0.2) is 15.9 Å². The highest BCUT2D eigenvalue weighted by Crippen LogP contribution is 2.29. The van der Waals surface area contributed by atoms with E-state index < -0.39 is 5.92 Å². The predicted octanol–water partition coefficient (Wildman–Crippen LogP) is 2.28. The van der Waals surface area contributed by atoms with Crippen molar-refractivity contribution in [2.45, 2.75) is 0 Å². The topological polar surface area (TPSA) is 65.8 Å². The van der Waals surface area contributed by atoms with E-state index in [0.717, 1.165) is 15.2 Å². The maximum Gasteiger partial charge on any atom is 0.246 e. The molecular weight excluding hydrogens is 278 g/mol. The number of para-hydroxylation sites is 1. The van der Waals surface area contributed by atoms with Crippen molar-refractivity contribution in [3.05, 3.63) is 35.3 Å². The first-order valence-corrected chi connectivity index (χ1v) is 6.74. The van der Waals surface area contributed by atoms with Crippen molar-refractivity contribution in [3.8, 4) is 6.07 Å². The van der Waals surface area contributed by atoms with Gasteiger partial charge in [-0.25, -0.2) is 4.98 Å². The molecule has 0 aliphatic carbocycles. The molecule has 3 rings (SSSR count). The molecule has 0 spiro atoms. The molecule has 0 saturated heterocycles. The molecule has 92 valence electrons. The van der Waals surface area contributed by atoms with Gasteiger partial charge in [-0.05, 0) is 18.2 Å². The van der Waals surface area contributed by atoms with Crippen LogP contribution in [-0.2, 0) is 4.79 Å². The van der Waals surface area contributed by atoms with Crippen LogP contribution in [0.2, 0.25) is 0 Å². The number of nitrogens with zero attached hydrogens (tertiary/aromatic N) is 2. The molecule has 4 nitrogen and oxygen atoms in total. The van der Waals surface area contributed by atoms with Gasteiger partial charge in [0.1, 0.15) is 15.9 Å². The Morgan fingerprint density at radius 2 is 2.21 bits per heavy atom. The molecule has 6 heteroatoms. The molecule has 1 aliphatic heterocycles. The number of fused-ring (bicyclic) bond motifs is 1. The van der Waals surface area contributed by atoms with Crippen molar-refractivity contribution in [2.75, 3.05) is 0 Å². The van der Waals surface area contributed by atoms with Crippen LogP contribution in [0.25, 0.3) is 15.8 Å². The van der Waals surface area contributed by atoms with Crippen molar-refractivity contribution in [3.63, 3.8) is 0 Å². The quantitative estimate of drug-likeness (QED) is 0.816. The van der Waals surface area contributed by atoms with Gasteiger partial charge in [0.25, 0.3) is 0 Å². The first-order chi connectivity index (χ1) is 9.19. The maximum atomic E-state index is 11.5. The van der Waals surface area contributed by atoms with Crippen LogP contribution < -0.4 is 5.32 Å². The zero-order valence-electron chi connectivity index (χ0n) is 9.58. The molecule has 2 heterocycles. The predicted molar refractivity (Wildman–Crippen MR) is 77.4 cm³/mol. The summed E-state index contributed by atoms with van der Waals surface area (Å²) in [7, 11) is 0. The summed E-state index contributed by atoms with van der Waals surface area (Å²) in [5.74, 6) is -1.19. The molecule has 1 aromatic carbocycles. The Kier molecular flexibility index (Phi) is 2.85. The fourth-order valence-corrected chi connectivity index (χ4v) is 3.15. The first kappa shape index (κ1) is 12.0. The Morgan fingerprint density at radius 3 is 2.95 bits per heavy atom. The molecule has 2 aromatic rings. The van der Waals surface area contributed by atoms with Crippen LogP contribution in [0.5, 0.6) is 0 Å². The number of thiocarbonyl (C=S) groups is 1. The third kappa shape index (κ3) is 2.03. The molecule has 1 aromatic heterocycles. The van der Waals surface area contributed by atoms with Crippen molar-refractivity contribution in [1.29, 1.82) is 5.26 Å². The number of aromatic nitrogens is 1. The third-order valence-electron chi connectivity index (χ3n) is 2.76. The third-order valence-corrected chi connectivity index (χ3v) is 4.15. The lowest BCUT2D eigenvalue weighted by Crippen LogP contribution is -2.38. The van der Waals surface area contributed by atoms with E-state index in [-0.39, 0.29) is 5.91 Å². The van der Waals surface area contributed by atoms with E-state index in [0.29, 0.717) is 10.6 Å². The van der Waals surface area contributed by atoms with Gasteiger partial charge in [0.2, 0.25) is 5.91 Å². The summed E-state index contributed by atoms with van der Waals surface area (Å²) in [5.41, 5.74) is 1.54. The summed E-state index contributed by atoms with van der Waals surface area (Å²) in [6.07, 6.45) is 1.58. The molecule has 1 aliphatic rings. The molecule has 19 heavy (non-hydrogen) atoms. The minimum atomic E-state index is -0.811. The maximum absolute atomic E-state index is 11.5. The molecule has 1 N–H and O–H groups in total. The highest BCUT2D eigenvalue weighted by Gasteiger charge is 2.27. The Hall–Kier alpha value is -2.10. The second-order valence-electron chi connectivity index (χ2n) is 3.99. The fourth-order valence-electron chi connectivity index (χ4n) is 1.83. The fraction of sp³-hybridized carbons (Fsp3) is 0.0769. The number of carbonyl (C=O) groups excluding carboxylic acids is 1. The number of rotatable bonds is 1. The standard InChI is InChI=1S/C13H7N3OS2/c14-6-7-5-8(12(18)16-11(7)17)13-15-9-3-1-2-4-10(9)19-13/h1-5,7H,(H,16,17,18). The van der Waals surface area contributed by atoms with Gasteiger partial charge in [0, 0.05) is 5.57 Å². The van der Waals surface area contributed by atoms with Crippen LogP contribution in [0.3, 0.4) is 0 Å². The smallest absolute Gasteiger partial charge is 0.246 e.